The summed E-state index contributed by atoms with van der Waals surface area (Å²) in [5.41, 5.74) is 4.45. The summed E-state index contributed by atoms with van der Waals surface area (Å²) in [6, 6.07) is 14.2. The fraction of sp³-hybridized carbons (Fsp3) is 0.423. The lowest BCUT2D eigenvalue weighted by Gasteiger charge is -2.28. The Labute approximate surface area is 175 Å². The van der Waals surface area contributed by atoms with E-state index in [0.717, 1.165) is 40.8 Å². The molecule has 0 aromatic heterocycles. The molecule has 0 aliphatic carbocycles. The van der Waals surface area contributed by atoms with Crippen LogP contribution in [0, 0.1) is 0 Å². The minimum Gasteiger partial charge on any atom is -0.507 e. The van der Waals surface area contributed by atoms with Crippen LogP contribution in [0.1, 0.15) is 70.2 Å². The van der Waals surface area contributed by atoms with Crippen LogP contribution in [0.4, 0.5) is 0 Å². The molecule has 0 bridgehead atoms. The lowest BCUT2D eigenvalue weighted by Crippen LogP contribution is -2.24. The van der Waals surface area contributed by atoms with Crippen molar-refractivity contribution in [3.63, 3.8) is 0 Å². The molecule has 0 radical (unpaired) electrons. The molecular weight excluding hydrogens is 358 g/mol. The van der Waals surface area contributed by atoms with E-state index in [1.165, 1.54) is 0 Å². The maximum Gasteiger partial charge on any atom is 0.250 e. The number of hydrogen-bond acceptors (Lipinski definition) is 2. The Hall–Kier alpha value is -2.55. The van der Waals surface area contributed by atoms with Gasteiger partial charge in [-0.1, -0.05) is 71.9 Å². The van der Waals surface area contributed by atoms with Crippen molar-refractivity contribution in [3.05, 3.63) is 70.3 Å². The van der Waals surface area contributed by atoms with Crippen molar-refractivity contribution in [2.45, 2.75) is 65.3 Å². The molecule has 2 aromatic carbocycles. The summed E-state index contributed by atoms with van der Waals surface area (Å²) in [5, 5.41) is 10.9. The molecule has 0 atom stereocenters. The summed E-state index contributed by atoms with van der Waals surface area (Å²) < 4.78 is 0. The lowest BCUT2D eigenvalue weighted by molar-refractivity contribution is -0.125. The number of nitrogens with zero attached hydrogens (tertiary/aromatic N) is 1. The lowest BCUT2D eigenvalue weighted by atomic mass is 9.78. The average molecular weight is 392 g/mol. The van der Waals surface area contributed by atoms with Crippen LogP contribution in [0.3, 0.4) is 0 Å². The van der Waals surface area contributed by atoms with Crippen LogP contribution in [-0.4, -0.2) is 22.5 Å². The van der Waals surface area contributed by atoms with E-state index in [1.807, 2.05) is 41.3 Å². The van der Waals surface area contributed by atoms with Crippen molar-refractivity contribution < 1.29 is 9.90 Å². The normalized spacial score (nSPS) is 16.7. The third-order valence-electron chi connectivity index (χ3n) is 5.52. The molecule has 2 aromatic rings. The molecule has 3 heteroatoms. The number of phenolic OH excluding ortho intramolecular Hbond substituents is 1. The molecule has 29 heavy (non-hydrogen) atoms. The first-order chi connectivity index (χ1) is 13.5. The zero-order chi connectivity index (χ0) is 21.4. The quantitative estimate of drug-likeness (QED) is 0.672. The van der Waals surface area contributed by atoms with Gasteiger partial charge >= 0.3 is 0 Å². The van der Waals surface area contributed by atoms with E-state index in [1.54, 1.807) is 0 Å². The fourth-order valence-corrected chi connectivity index (χ4v) is 3.84. The molecule has 154 valence electrons. The van der Waals surface area contributed by atoms with Crippen LogP contribution in [0.25, 0.3) is 6.08 Å². The van der Waals surface area contributed by atoms with E-state index in [4.69, 9.17) is 0 Å². The molecule has 0 spiro atoms. The molecule has 1 fully saturated rings. The van der Waals surface area contributed by atoms with Crippen LogP contribution in [0.15, 0.2) is 48.0 Å². The van der Waals surface area contributed by atoms with Crippen molar-refractivity contribution >= 4 is 12.0 Å². The monoisotopic (exact) mass is 391 g/mol. The first-order valence-corrected chi connectivity index (χ1v) is 10.4. The maximum absolute atomic E-state index is 13.0. The zero-order valence-electron chi connectivity index (χ0n) is 18.5. The predicted molar refractivity (Wildman–Crippen MR) is 120 cm³/mol. The van der Waals surface area contributed by atoms with E-state index in [-0.39, 0.29) is 16.7 Å². The first kappa shape index (κ1) is 21.2. The molecule has 0 saturated carbocycles. The number of aromatic hydroxyl groups is 1. The topological polar surface area (TPSA) is 40.5 Å². The third-order valence-corrected chi connectivity index (χ3v) is 5.52. The van der Waals surface area contributed by atoms with Gasteiger partial charge in [0.05, 0.1) is 0 Å². The Morgan fingerprint density at radius 1 is 0.966 bits per heavy atom. The third kappa shape index (κ3) is 4.72. The van der Waals surface area contributed by atoms with Gasteiger partial charge in [-0.05, 0) is 46.6 Å². The van der Waals surface area contributed by atoms with Gasteiger partial charge in [0.25, 0.3) is 0 Å². The van der Waals surface area contributed by atoms with E-state index in [0.29, 0.717) is 12.3 Å². The summed E-state index contributed by atoms with van der Waals surface area (Å²) >= 11 is 0. The molecule has 1 aliphatic rings. The van der Waals surface area contributed by atoms with E-state index in [9.17, 15) is 9.90 Å². The maximum atomic E-state index is 13.0. The second kappa shape index (κ2) is 7.70. The van der Waals surface area contributed by atoms with Gasteiger partial charge in [-0.3, -0.25) is 4.79 Å². The van der Waals surface area contributed by atoms with Crippen molar-refractivity contribution in [2.75, 3.05) is 6.54 Å². The SMILES string of the molecule is CC(C)(C)c1cc(/C=C2/CCN(Cc3ccccc3)C2=O)cc(C(C)(C)C)c1O. The number of hydrogen-bond donors (Lipinski definition) is 1. The number of benzene rings is 2. The molecule has 3 rings (SSSR count). The minimum atomic E-state index is -0.183. The van der Waals surface area contributed by atoms with E-state index < -0.39 is 0 Å². The van der Waals surface area contributed by atoms with Gasteiger partial charge in [-0.25, -0.2) is 0 Å². The summed E-state index contributed by atoms with van der Waals surface area (Å²) in [4.78, 5) is 14.9. The number of carbonyl (C=O) groups excluding carboxylic acids is 1. The average Bonchev–Trinajstić information content (AvgIpc) is 2.95. The molecule has 0 unspecified atom stereocenters. The number of phenols is 1. The van der Waals surface area contributed by atoms with E-state index in [2.05, 4.69) is 53.7 Å². The molecule has 1 aliphatic heterocycles. The first-order valence-electron chi connectivity index (χ1n) is 10.4. The second-order valence-corrected chi connectivity index (χ2v) is 10.1. The molecule has 1 saturated heterocycles. The van der Waals surface area contributed by atoms with Gasteiger partial charge in [0.15, 0.2) is 0 Å². The van der Waals surface area contributed by atoms with Gasteiger partial charge < -0.3 is 10.0 Å². The van der Waals surface area contributed by atoms with E-state index >= 15 is 0 Å². The Morgan fingerprint density at radius 2 is 1.52 bits per heavy atom. The van der Waals surface area contributed by atoms with Crippen molar-refractivity contribution in [3.8, 4) is 5.75 Å². The van der Waals surface area contributed by atoms with Crippen molar-refractivity contribution in [1.82, 2.24) is 4.90 Å². The summed E-state index contributed by atoms with van der Waals surface area (Å²) in [6.07, 6.45) is 2.76. The van der Waals surface area contributed by atoms with Crippen LogP contribution in [0.2, 0.25) is 0 Å². The standard InChI is InChI=1S/C26H33NO2/c1-25(2,3)21-15-19(16-22(23(21)28)26(4,5)6)14-20-12-13-27(24(20)29)17-18-10-8-7-9-11-18/h7-11,14-16,28H,12-13,17H2,1-6H3/b20-14-. The second-order valence-electron chi connectivity index (χ2n) is 10.1. The highest BCUT2D eigenvalue weighted by atomic mass is 16.3. The molecule has 1 amide bonds. The molecule has 3 nitrogen and oxygen atoms in total. The fourth-order valence-electron chi connectivity index (χ4n) is 3.84. The highest BCUT2D eigenvalue weighted by molar-refractivity contribution is 5.99. The summed E-state index contributed by atoms with van der Waals surface area (Å²) in [7, 11) is 0. The predicted octanol–water partition coefficient (Wildman–Crippen LogP) is 5.80. The smallest absolute Gasteiger partial charge is 0.250 e. The van der Waals surface area contributed by atoms with Crippen LogP contribution in [0.5, 0.6) is 5.75 Å². The largest absolute Gasteiger partial charge is 0.507 e. The Balaban J connectivity index is 1.94. The number of carbonyl (C=O) groups is 1. The Kier molecular flexibility index (Phi) is 5.62. The van der Waals surface area contributed by atoms with Crippen LogP contribution in [-0.2, 0) is 22.2 Å². The molecular formula is C26H33NO2. The van der Waals surface area contributed by atoms with Crippen molar-refractivity contribution in [2.24, 2.45) is 0 Å². The number of rotatable bonds is 3. The number of likely N-dealkylation sites (tertiary alicyclic amines) is 1. The van der Waals surface area contributed by atoms with Gasteiger partial charge in [-0.2, -0.15) is 0 Å². The molecule has 1 N–H and O–H groups in total. The van der Waals surface area contributed by atoms with Crippen LogP contribution < -0.4 is 0 Å². The Morgan fingerprint density at radius 3 is 2.03 bits per heavy atom. The highest BCUT2D eigenvalue weighted by Gasteiger charge is 2.28. The molecule has 1 heterocycles. The number of amides is 1. The zero-order valence-corrected chi connectivity index (χ0v) is 18.5. The van der Waals surface area contributed by atoms with Gasteiger partial charge in [0.1, 0.15) is 5.75 Å². The summed E-state index contributed by atoms with van der Waals surface area (Å²) in [6.45, 7) is 14.0. The van der Waals surface area contributed by atoms with Crippen LogP contribution >= 0.6 is 0 Å². The van der Waals surface area contributed by atoms with Gasteiger partial charge in [0.2, 0.25) is 5.91 Å². The minimum absolute atomic E-state index is 0.108. The summed E-state index contributed by atoms with van der Waals surface area (Å²) in [5.74, 6) is 0.479. The van der Waals surface area contributed by atoms with Gasteiger partial charge in [0, 0.05) is 29.8 Å². The highest BCUT2D eigenvalue weighted by Crippen LogP contribution is 2.40. The van der Waals surface area contributed by atoms with Crippen molar-refractivity contribution in [1.29, 1.82) is 0 Å². The van der Waals surface area contributed by atoms with Gasteiger partial charge in [-0.15, -0.1) is 0 Å². The Bertz CT molecular complexity index is 892.